The molecular formula is C28H28ClNS. The highest BCUT2D eigenvalue weighted by atomic mass is 35.5. The van der Waals surface area contributed by atoms with Crippen LogP contribution in [0.4, 0.5) is 0 Å². The third-order valence-corrected chi connectivity index (χ3v) is 7.13. The summed E-state index contributed by atoms with van der Waals surface area (Å²) in [4.78, 5) is 4.00. The Morgan fingerprint density at radius 3 is 1.84 bits per heavy atom. The topological polar surface area (TPSA) is 3.24 Å². The van der Waals surface area contributed by atoms with Gasteiger partial charge in [0, 0.05) is 30.3 Å². The van der Waals surface area contributed by atoms with Crippen molar-refractivity contribution in [2.45, 2.75) is 17.7 Å². The lowest BCUT2D eigenvalue weighted by Gasteiger charge is -2.30. The highest BCUT2D eigenvalue weighted by Gasteiger charge is 2.22. The van der Waals surface area contributed by atoms with E-state index in [1.165, 1.54) is 32.7 Å². The molecule has 31 heavy (non-hydrogen) atoms. The monoisotopic (exact) mass is 445 g/mol. The average Bonchev–Trinajstić information content (AvgIpc) is 2.97. The third-order valence-electron chi connectivity index (χ3n) is 6.14. The number of hydrogen-bond donors (Lipinski definition) is 0. The third kappa shape index (κ3) is 4.98. The van der Waals surface area contributed by atoms with E-state index in [2.05, 4.69) is 95.9 Å². The molecule has 0 bridgehead atoms. The second-order valence-corrected chi connectivity index (χ2v) is 9.16. The molecule has 1 fully saturated rings. The molecule has 1 saturated heterocycles. The van der Waals surface area contributed by atoms with Crippen LogP contribution in [0.5, 0.6) is 0 Å². The summed E-state index contributed by atoms with van der Waals surface area (Å²) in [6.45, 7) is 3.48. The molecule has 0 atom stereocenters. The first-order valence-corrected chi connectivity index (χ1v) is 11.9. The van der Waals surface area contributed by atoms with Gasteiger partial charge in [0.2, 0.25) is 0 Å². The van der Waals surface area contributed by atoms with Crippen molar-refractivity contribution in [1.82, 2.24) is 4.90 Å². The zero-order valence-corrected chi connectivity index (χ0v) is 19.3. The lowest BCUT2D eigenvalue weighted by molar-refractivity contribution is 0.272. The number of nitrogens with zero attached hydrogens (tertiary/aromatic N) is 1. The van der Waals surface area contributed by atoms with E-state index in [4.69, 9.17) is 0 Å². The Bertz CT molecular complexity index is 1030. The van der Waals surface area contributed by atoms with Gasteiger partial charge in [-0.25, -0.2) is 0 Å². The SMILES string of the molecule is C1=Cc2ccccc2C(=C2CCN(CCSc3ccccc3)CC2)c2ccccc21.Cl. The molecule has 0 spiro atoms. The lowest BCUT2D eigenvalue weighted by Crippen LogP contribution is -2.33. The fourth-order valence-corrected chi connectivity index (χ4v) is 5.49. The molecule has 0 amide bonds. The van der Waals surface area contributed by atoms with Crippen molar-refractivity contribution in [3.8, 4) is 0 Å². The molecule has 0 N–H and O–H groups in total. The first-order chi connectivity index (χ1) is 14.9. The molecule has 0 radical (unpaired) electrons. The van der Waals surface area contributed by atoms with Gasteiger partial charge in [-0.2, -0.15) is 0 Å². The zero-order valence-electron chi connectivity index (χ0n) is 17.7. The van der Waals surface area contributed by atoms with E-state index < -0.39 is 0 Å². The number of benzene rings is 3. The minimum Gasteiger partial charge on any atom is -0.302 e. The summed E-state index contributed by atoms with van der Waals surface area (Å²) < 4.78 is 0. The molecule has 1 aliphatic heterocycles. The van der Waals surface area contributed by atoms with E-state index in [9.17, 15) is 0 Å². The highest BCUT2D eigenvalue weighted by molar-refractivity contribution is 7.99. The van der Waals surface area contributed by atoms with E-state index in [1.807, 2.05) is 11.8 Å². The smallest absolute Gasteiger partial charge is 0.0108 e. The minimum absolute atomic E-state index is 0. The molecule has 1 heterocycles. The Balaban J connectivity index is 0.00000231. The van der Waals surface area contributed by atoms with Crippen LogP contribution >= 0.6 is 24.2 Å². The zero-order chi connectivity index (χ0) is 20.2. The average molecular weight is 446 g/mol. The van der Waals surface area contributed by atoms with Crippen LogP contribution in [-0.4, -0.2) is 30.3 Å². The molecular weight excluding hydrogens is 418 g/mol. The Morgan fingerprint density at radius 2 is 1.23 bits per heavy atom. The standard InChI is InChI=1S/C28H27NS.ClH/c1-2-10-25(11-3-1)30-21-20-29-18-16-24(17-19-29)28-26-12-6-4-8-22(26)14-15-23-9-5-7-13-27(23)28;/h1-15H,16-21H2;1H. The molecule has 0 aromatic heterocycles. The molecule has 0 saturated carbocycles. The number of piperidine rings is 1. The predicted molar refractivity (Wildman–Crippen MR) is 138 cm³/mol. The van der Waals surface area contributed by atoms with Gasteiger partial charge in [0.15, 0.2) is 0 Å². The molecule has 1 aliphatic carbocycles. The van der Waals surface area contributed by atoms with E-state index in [0.29, 0.717) is 0 Å². The summed E-state index contributed by atoms with van der Waals surface area (Å²) in [6.07, 6.45) is 6.87. The number of thioether (sulfide) groups is 1. The van der Waals surface area contributed by atoms with E-state index in [1.54, 1.807) is 5.57 Å². The maximum absolute atomic E-state index is 2.63. The summed E-state index contributed by atoms with van der Waals surface area (Å²) in [6, 6.07) is 28.5. The second kappa shape index (κ2) is 10.4. The quantitative estimate of drug-likeness (QED) is 0.303. The summed E-state index contributed by atoms with van der Waals surface area (Å²) in [5.74, 6) is 1.16. The fraction of sp³-hybridized carbons (Fsp3) is 0.214. The van der Waals surface area contributed by atoms with Crippen LogP contribution in [0.2, 0.25) is 0 Å². The van der Waals surface area contributed by atoms with Crippen molar-refractivity contribution in [2.75, 3.05) is 25.4 Å². The van der Waals surface area contributed by atoms with Crippen LogP contribution in [0, 0.1) is 0 Å². The van der Waals surface area contributed by atoms with E-state index >= 15 is 0 Å². The predicted octanol–water partition coefficient (Wildman–Crippen LogP) is 7.28. The van der Waals surface area contributed by atoms with Crippen LogP contribution in [-0.2, 0) is 0 Å². The first-order valence-electron chi connectivity index (χ1n) is 10.9. The lowest BCUT2D eigenvalue weighted by atomic mass is 9.86. The van der Waals surface area contributed by atoms with Gasteiger partial charge < -0.3 is 4.90 Å². The van der Waals surface area contributed by atoms with Gasteiger partial charge >= 0.3 is 0 Å². The molecule has 158 valence electrons. The van der Waals surface area contributed by atoms with Gasteiger partial charge in [-0.15, -0.1) is 24.2 Å². The fourth-order valence-electron chi connectivity index (χ4n) is 4.55. The number of likely N-dealkylation sites (tertiary alicyclic amines) is 1. The molecule has 1 nitrogen and oxygen atoms in total. The maximum Gasteiger partial charge on any atom is 0.0108 e. The van der Waals surface area contributed by atoms with Gasteiger partial charge in [0.25, 0.3) is 0 Å². The van der Waals surface area contributed by atoms with Crippen LogP contribution in [0.3, 0.4) is 0 Å². The van der Waals surface area contributed by atoms with E-state index in [0.717, 1.165) is 38.2 Å². The van der Waals surface area contributed by atoms with Crippen LogP contribution in [0.1, 0.15) is 35.1 Å². The van der Waals surface area contributed by atoms with Gasteiger partial charge in [0.1, 0.15) is 0 Å². The van der Waals surface area contributed by atoms with Crippen molar-refractivity contribution < 1.29 is 0 Å². The van der Waals surface area contributed by atoms with Crippen molar-refractivity contribution in [3.05, 3.63) is 107 Å². The van der Waals surface area contributed by atoms with Gasteiger partial charge in [-0.05, 0) is 52.8 Å². The van der Waals surface area contributed by atoms with Crippen molar-refractivity contribution in [2.24, 2.45) is 0 Å². The summed E-state index contributed by atoms with van der Waals surface area (Å²) in [7, 11) is 0. The minimum atomic E-state index is 0. The van der Waals surface area contributed by atoms with Gasteiger partial charge in [-0.1, -0.05) is 84.5 Å². The highest BCUT2D eigenvalue weighted by Crippen LogP contribution is 2.38. The summed E-state index contributed by atoms with van der Waals surface area (Å²) in [5, 5.41) is 0. The van der Waals surface area contributed by atoms with Gasteiger partial charge in [-0.3, -0.25) is 0 Å². The molecule has 0 unspecified atom stereocenters. The van der Waals surface area contributed by atoms with Crippen molar-refractivity contribution >= 4 is 41.9 Å². The van der Waals surface area contributed by atoms with E-state index in [-0.39, 0.29) is 12.4 Å². The van der Waals surface area contributed by atoms with Crippen molar-refractivity contribution in [1.29, 1.82) is 0 Å². The second-order valence-electron chi connectivity index (χ2n) is 7.99. The summed E-state index contributed by atoms with van der Waals surface area (Å²) >= 11 is 1.97. The number of hydrogen-bond acceptors (Lipinski definition) is 2. The van der Waals surface area contributed by atoms with Crippen LogP contribution in [0.15, 0.2) is 89.3 Å². The van der Waals surface area contributed by atoms with Gasteiger partial charge in [0.05, 0.1) is 0 Å². The molecule has 5 rings (SSSR count). The Labute approximate surface area is 196 Å². The first kappa shape index (κ1) is 22.0. The number of halogens is 1. The number of fused-ring (bicyclic) bond motifs is 2. The Morgan fingerprint density at radius 1 is 0.677 bits per heavy atom. The molecule has 3 aromatic carbocycles. The maximum atomic E-state index is 2.63. The normalized spacial score (nSPS) is 15.6. The molecule has 3 aromatic rings. The van der Waals surface area contributed by atoms with Crippen LogP contribution < -0.4 is 0 Å². The number of rotatable bonds is 4. The Kier molecular flexibility index (Phi) is 7.34. The molecule has 2 aliphatic rings. The van der Waals surface area contributed by atoms with Crippen molar-refractivity contribution in [3.63, 3.8) is 0 Å². The van der Waals surface area contributed by atoms with Crippen LogP contribution in [0.25, 0.3) is 17.7 Å². The molecule has 3 heteroatoms. The summed E-state index contributed by atoms with van der Waals surface area (Å²) in [5.41, 5.74) is 8.54. The largest absolute Gasteiger partial charge is 0.302 e. The Hall–Kier alpha value is -2.26.